The fourth-order valence-corrected chi connectivity index (χ4v) is 2.57. The van der Waals surface area contributed by atoms with Gasteiger partial charge in [-0.3, -0.25) is 0 Å². The Kier molecular flexibility index (Phi) is 4.86. The Morgan fingerprint density at radius 3 is 1.87 bits per heavy atom. The molecule has 0 fully saturated rings. The van der Waals surface area contributed by atoms with Gasteiger partial charge in [-0.1, -0.05) is 60.7 Å². The summed E-state index contributed by atoms with van der Waals surface area (Å²) in [6, 6.07) is 19.6. The van der Waals surface area contributed by atoms with Gasteiger partial charge in [0.2, 0.25) is 0 Å². The first-order chi connectivity index (χ1) is 11.2. The quantitative estimate of drug-likeness (QED) is 0.656. The second kappa shape index (κ2) is 7.22. The third kappa shape index (κ3) is 4.06. The molecule has 0 saturated heterocycles. The third-order valence-corrected chi connectivity index (χ3v) is 3.83. The van der Waals surface area contributed by atoms with Gasteiger partial charge in [0.05, 0.1) is 18.0 Å². The van der Waals surface area contributed by atoms with E-state index < -0.39 is 12.2 Å². The SMILES string of the molecule is O[C@@H](Cc1ccccc1)c1cnc([C@@H](O)Cc2ccccc2)[nH]1. The highest BCUT2D eigenvalue weighted by Crippen LogP contribution is 2.20. The monoisotopic (exact) mass is 308 g/mol. The summed E-state index contributed by atoms with van der Waals surface area (Å²) in [5.74, 6) is 0.482. The second-order valence-electron chi connectivity index (χ2n) is 5.63. The molecule has 4 heteroatoms. The molecule has 0 spiro atoms. The highest BCUT2D eigenvalue weighted by atomic mass is 16.3. The molecule has 0 radical (unpaired) electrons. The predicted octanol–water partition coefficient (Wildman–Crippen LogP) is 2.96. The molecule has 118 valence electrons. The lowest BCUT2D eigenvalue weighted by Crippen LogP contribution is -2.06. The van der Waals surface area contributed by atoms with Gasteiger partial charge in [0.1, 0.15) is 11.9 Å². The van der Waals surface area contributed by atoms with Gasteiger partial charge >= 0.3 is 0 Å². The summed E-state index contributed by atoms with van der Waals surface area (Å²) in [6.07, 6.45) is 1.22. The van der Waals surface area contributed by atoms with Gasteiger partial charge in [0.15, 0.2) is 0 Å². The van der Waals surface area contributed by atoms with Crippen molar-refractivity contribution in [2.24, 2.45) is 0 Å². The van der Waals surface area contributed by atoms with Crippen molar-refractivity contribution >= 4 is 0 Å². The average Bonchev–Trinajstić information content (AvgIpc) is 3.07. The molecule has 23 heavy (non-hydrogen) atoms. The molecule has 1 heterocycles. The molecule has 0 bridgehead atoms. The molecule has 3 N–H and O–H groups in total. The van der Waals surface area contributed by atoms with E-state index in [1.807, 2.05) is 60.7 Å². The smallest absolute Gasteiger partial charge is 0.135 e. The lowest BCUT2D eigenvalue weighted by molar-refractivity contribution is 0.163. The number of hydrogen-bond donors (Lipinski definition) is 3. The first-order valence-corrected chi connectivity index (χ1v) is 7.71. The Balaban J connectivity index is 1.65. The van der Waals surface area contributed by atoms with Crippen LogP contribution in [0.15, 0.2) is 66.9 Å². The van der Waals surface area contributed by atoms with E-state index in [1.54, 1.807) is 6.20 Å². The summed E-state index contributed by atoms with van der Waals surface area (Å²) in [7, 11) is 0. The van der Waals surface area contributed by atoms with E-state index in [9.17, 15) is 10.2 Å². The second-order valence-corrected chi connectivity index (χ2v) is 5.63. The topological polar surface area (TPSA) is 69.1 Å². The van der Waals surface area contributed by atoms with Crippen LogP contribution in [0.4, 0.5) is 0 Å². The molecule has 0 aliphatic carbocycles. The fraction of sp³-hybridized carbons (Fsp3) is 0.211. The number of H-pyrrole nitrogens is 1. The van der Waals surface area contributed by atoms with Crippen LogP contribution in [0.5, 0.6) is 0 Å². The van der Waals surface area contributed by atoms with Gasteiger partial charge in [-0.2, -0.15) is 0 Å². The van der Waals surface area contributed by atoms with Crippen LogP contribution in [0.1, 0.15) is 34.9 Å². The number of aliphatic hydroxyl groups excluding tert-OH is 2. The van der Waals surface area contributed by atoms with E-state index in [2.05, 4.69) is 9.97 Å². The number of rotatable bonds is 6. The van der Waals surface area contributed by atoms with E-state index in [-0.39, 0.29) is 0 Å². The van der Waals surface area contributed by atoms with Crippen LogP contribution in [0, 0.1) is 0 Å². The van der Waals surface area contributed by atoms with Crippen LogP contribution in [0.25, 0.3) is 0 Å². The molecule has 4 nitrogen and oxygen atoms in total. The van der Waals surface area contributed by atoms with Crippen LogP contribution >= 0.6 is 0 Å². The maximum Gasteiger partial charge on any atom is 0.135 e. The van der Waals surface area contributed by atoms with Gasteiger partial charge in [-0.15, -0.1) is 0 Å². The average molecular weight is 308 g/mol. The number of nitrogens with zero attached hydrogens (tertiary/aromatic N) is 1. The van der Waals surface area contributed by atoms with E-state index in [1.165, 1.54) is 0 Å². The zero-order chi connectivity index (χ0) is 16.1. The minimum atomic E-state index is -0.713. The lowest BCUT2D eigenvalue weighted by atomic mass is 10.1. The Bertz CT molecular complexity index is 663. The summed E-state index contributed by atoms with van der Waals surface area (Å²) in [4.78, 5) is 7.25. The Morgan fingerprint density at radius 2 is 1.30 bits per heavy atom. The largest absolute Gasteiger partial charge is 0.386 e. The fourth-order valence-electron chi connectivity index (χ4n) is 2.57. The van der Waals surface area contributed by atoms with Crippen LogP contribution in [0.2, 0.25) is 0 Å². The molecule has 1 aromatic heterocycles. The third-order valence-electron chi connectivity index (χ3n) is 3.83. The van der Waals surface area contributed by atoms with Gasteiger partial charge in [-0.05, 0) is 11.1 Å². The number of benzene rings is 2. The van der Waals surface area contributed by atoms with Crippen molar-refractivity contribution in [1.29, 1.82) is 0 Å². The van der Waals surface area contributed by atoms with Crippen molar-refractivity contribution in [3.63, 3.8) is 0 Å². The normalized spacial score (nSPS) is 13.7. The molecule has 0 amide bonds. The number of hydrogen-bond acceptors (Lipinski definition) is 3. The summed E-state index contributed by atoms with van der Waals surface area (Å²) in [5, 5.41) is 20.6. The highest BCUT2D eigenvalue weighted by molar-refractivity contribution is 5.19. The minimum Gasteiger partial charge on any atom is -0.386 e. The molecule has 2 atom stereocenters. The van der Waals surface area contributed by atoms with Crippen molar-refractivity contribution in [2.45, 2.75) is 25.0 Å². The van der Waals surface area contributed by atoms with Crippen LogP contribution < -0.4 is 0 Å². The van der Waals surface area contributed by atoms with Gasteiger partial charge < -0.3 is 15.2 Å². The molecular formula is C19H20N2O2. The lowest BCUT2D eigenvalue weighted by Gasteiger charge is -2.10. The van der Waals surface area contributed by atoms with E-state index >= 15 is 0 Å². The molecule has 0 saturated carbocycles. The summed E-state index contributed by atoms with van der Waals surface area (Å²) < 4.78 is 0. The van der Waals surface area contributed by atoms with Crippen molar-refractivity contribution in [1.82, 2.24) is 9.97 Å². The molecule has 0 aliphatic rings. The summed E-state index contributed by atoms with van der Waals surface area (Å²) >= 11 is 0. The molecule has 0 aliphatic heterocycles. The molecule has 0 unspecified atom stereocenters. The van der Waals surface area contributed by atoms with E-state index in [0.29, 0.717) is 24.4 Å². The first kappa shape index (κ1) is 15.5. The van der Waals surface area contributed by atoms with Crippen LogP contribution in [0.3, 0.4) is 0 Å². The van der Waals surface area contributed by atoms with E-state index in [0.717, 1.165) is 11.1 Å². The van der Waals surface area contributed by atoms with Crippen molar-refractivity contribution in [3.8, 4) is 0 Å². The van der Waals surface area contributed by atoms with Crippen LogP contribution in [-0.2, 0) is 12.8 Å². The number of aromatic nitrogens is 2. The molecule has 3 aromatic rings. The Morgan fingerprint density at radius 1 is 0.783 bits per heavy atom. The Hall–Kier alpha value is -2.43. The maximum atomic E-state index is 10.3. The zero-order valence-corrected chi connectivity index (χ0v) is 12.8. The van der Waals surface area contributed by atoms with Gasteiger partial charge in [0.25, 0.3) is 0 Å². The van der Waals surface area contributed by atoms with Crippen molar-refractivity contribution in [2.75, 3.05) is 0 Å². The number of aliphatic hydroxyl groups is 2. The molecule has 3 rings (SSSR count). The zero-order valence-electron chi connectivity index (χ0n) is 12.8. The highest BCUT2D eigenvalue weighted by Gasteiger charge is 2.16. The van der Waals surface area contributed by atoms with Gasteiger partial charge in [0, 0.05) is 12.8 Å². The van der Waals surface area contributed by atoms with Gasteiger partial charge in [-0.25, -0.2) is 4.98 Å². The van der Waals surface area contributed by atoms with Crippen molar-refractivity contribution < 1.29 is 10.2 Å². The van der Waals surface area contributed by atoms with E-state index in [4.69, 9.17) is 0 Å². The number of nitrogens with one attached hydrogen (secondary N) is 1. The Labute approximate surface area is 135 Å². The minimum absolute atomic E-state index is 0.482. The summed E-state index contributed by atoms with van der Waals surface area (Å²) in [6.45, 7) is 0. The number of aromatic amines is 1. The standard InChI is InChI=1S/C19H20N2O2/c22-17(11-14-7-3-1-4-8-14)16-13-20-19(21-16)18(23)12-15-9-5-2-6-10-15/h1-10,13,17-18,22-23H,11-12H2,(H,20,21)/t17-,18-/m0/s1. The van der Waals surface area contributed by atoms with Crippen molar-refractivity contribution in [3.05, 3.63) is 89.5 Å². The summed E-state index contributed by atoms with van der Waals surface area (Å²) in [5.41, 5.74) is 2.72. The maximum absolute atomic E-state index is 10.3. The van der Waals surface area contributed by atoms with Crippen LogP contribution in [-0.4, -0.2) is 20.2 Å². The molecular weight excluding hydrogens is 288 g/mol. The predicted molar refractivity (Wildman–Crippen MR) is 88.8 cm³/mol. The number of imidazole rings is 1. The first-order valence-electron chi connectivity index (χ1n) is 7.71. The molecule has 2 aromatic carbocycles.